The minimum atomic E-state index is -1.32. The largest absolute Gasteiger partial charge is 0.393 e. The first-order chi connectivity index (χ1) is 4.75. The van der Waals surface area contributed by atoms with Gasteiger partial charge in [0.25, 0.3) is 0 Å². The molecule has 0 aromatic rings. The molecule has 1 fully saturated rings. The van der Waals surface area contributed by atoms with Gasteiger partial charge < -0.3 is 14.9 Å². The second kappa shape index (κ2) is 2.82. The molecule has 0 aliphatic carbocycles. The average molecular weight is 150 g/mol. The first-order valence-corrected chi connectivity index (χ1v) is 3.24. The van der Waals surface area contributed by atoms with E-state index in [1.54, 1.807) is 0 Å². The lowest BCUT2D eigenvalue weighted by atomic mass is 10.0. The molecular formula is C6H11FO3. The van der Waals surface area contributed by atoms with Gasteiger partial charge in [0.15, 0.2) is 0 Å². The smallest absolute Gasteiger partial charge is 0.145 e. The highest BCUT2D eigenvalue weighted by Gasteiger charge is 2.43. The number of aliphatic hydroxyl groups is 2. The Kier molecular flexibility index (Phi) is 2.23. The lowest BCUT2D eigenvalue weighted by Crippen LogP contribution is -2.45. The molecule has 60 valence electrons. The Morgan fingerprint density at radius 3 is 2.60 bits per heavy atom. The van der Waals surface area contributed by atoms with E-state index < -0.39 is 25.0 Å². The maximum absolute atomic E-state index is 12.2. The summed E-state index contributed by atoms with van der Waals surface area (Å²) < 4.78 is 17.0. The van der Waals surface area contributed by atoms with Gasteiger partial charge in [0, 0.05) is 0 Å². The molecule has 1 saturated heterocycles. The number of halogens is 1. The zero-order valence-corrected chi connectivity index (χ0v) is 5.59. The van der Waals surface area contributed by atoms with Gasteiger partial charge in [-0.25, -0.2) is 4.39 Å². The summed E-state index contributed by atoms with van der Waals surface area (Å²) >= 11 is 0. The van der Waals surface area contributed by atoms with Crippen molar-refractivity contribution in [3.05, 3.63) is 0 Å². The van der Waals surface area contributed by atoms with Crippen molar-refractivity contribution in [2.75, 3.05) is 19.9 Å². The topological polar surface area (TPSA) is 49.7 Å². The minimum absolute atomic E-state index is 0.325. The molecule has 2 atom stereocenters. The highest BCUT2D eigenvalue weighted by Crippen LogP contribution is 2.25. The Balaban J connectivity index is 2.61. The van der Waals surface area contributed by atoms with Crippen molar-refractivity contribution in [3.8, 4) is 0 Å². The van der Waals surface area contributed by atoms with E-state index in [2.05, 4.69) is 0 Å². The molecule has 0 saturated carbocycles. The van der Waals surface area contributed by atoms with Crippen molar-refractivity contribution in [2.24, 2.45) is 0 Å². The van der Waals surface area contributed by atoms with Crippen LogP contribution in [0.2, 0.25) is 0 Å². The van der Waals surface area contributed by atoms with Crippen LogP contribution in [0.5, 0.6) is 0 Å². The summed E-state index contributed by atoms with van der Waals surface area (Å²) in [5.74, 6) is 0. The number of aliphatic hydroxyl groups excluding tert-OH is 2. The highest BCUT2D eigenvalue weighted by atomic mass is 19.1. The van der Waals surface area contributed by atoms with Gasteiger partial charge in [0.2, 0.25) is 0 Å². The van der Waals surface area contributed by atoms with Crippen molar-refractivity contribution < 1.29 is 19.3 Å². The Bertz CT molecular complexity index is 114. The van der Waals surface area contributed by atoms with Gasteiger partial charge in [0.05, 0.1) is 19.3 Å². The molecule has 2 unspecified atom stereocenters. The first kappa shape index (κ1) is 7.91. The molecule has 0 aromatic carbocycles. The van der Waals surface area contributed by atoms with Crippen LogP contribution in [0.25, 0.3) is 0 Å². The van der Waals surface area contributed by atoms with Crippen LogP contribution in [0, 0.1) is 0 Å². The first-order valence-electron chi connectivity index (χ1n) is 3.24. The van der Waals surface area contributed by atoms with Crippen molar-refractivity contribution in [1.82, 2.24) is 0 Å². The van der Waals surface area contributed by atoms with Gasteiger partial charge in [-0.15, -0.1) is 0 Å². The summed E-state index contributed by atoms with van der Waals surface area (Å²) in [6, 6.07) is 0. The summed E-state index contributed by atoms with van der Waals surface area (Å²) in [5.41, 5.74) is -1.32. The number of alkyl halides is 1. The lowest BCUT2D eigenvalue weighted by Gasteiger charge is -2.25. The van der Waals surface area contributed by atoms with Gasteiger partial charge in [-0.05, 0) is 6.42 Å². The quantitative estimate of drug-likeness (QED) is 0.556. The third-order valence-electron chi connectivity index (χ3n) is 1.88. The van der Waals surface area contributed by atoms with E-state index in [1.165, 1.54) is 0 Å². The van der Waals surface area contributed by atoms with Gasteiger partial charge in [0.1, 0.15) is 12.3 Å². The second-order valence-electron chi connectivity index (χ2n) is 2.51. The molecule has 0 bridgehead atoms. The second-order valence-corrected chi connectivity index (χ2v) is 2.51. The fraction of sp³-hybridized carbons (Fsp3) is 1.00. The monoisotopic (exact) mass is 150 g/mol. The molecule has 1 rings (SSSR count). The zero-order chi connectivity index (χ0) is 7.61. The molecule has 10 heavy (non-hydrogen) atoms. The van der Waals surface area contributed by atoms with Crippen LogP contribution < -0.4 is 0 Å². The molecule has 0 aromatic heterocycles. The van der Waals surface area contributed by atoms with Gasteiger partial charge in [-0.3, -0.25) is 0 Å². The van der Waals surface area contributed by atoms with Crippen LogP contribution in [0.15, 0.2) is 0 Å². The lowest BCUT2D eigenvalue weighted by molar-refractivity contribution is -0.102. The van der Waals surface area contributed by atoms with Crippen LogP contribution in [-0.4, -0.2) is 41.8 Å². The fourth-order valence-electron chi connectivity index (χ4n) is 1.05. The van der Waals surface area contributed by atoms with E-state index in [4.69, 9.17) is 14.9 Å². The van der Waals surface area contributed by atoms with Crippen LogP contribution in [0.4, 0.5) is 4.39 Å². The van der Waals surface area contributed by atoms with Gasteiger partial charge in [-0.1, -0.05) is 0 Å². The molecule has 4 heteroatoms. The van der Waals surface area contributed by atoms with E-state index in [1.807, 2.05) is 0 Å². The summed E-state index contributed by atoms with van der Waals surface area (Å²) in [5, 5.41) is 17.8. The Hall–Kier alpha value is -0.190. The predicted molar refractivity (Wildman–Crippen MR) is 32.4 cm³/mol. The molecule has 1 aliphatic rings. The average Bonchev–Trinajstić information content (AvgIpc) is 2.32. The van der Waals surface area contributed by atoms with Crippen LogP contribution in [-0.2, 0) is 4.74 Å². The maximum Gasteiger partial charge on any atom is 0.145 e. The third kappa shape index (κ3) is 1.02. The minimum Gasteiger partial charge on any atom is -0.393 e. The van der Waals surface area contributed by atoms with Crippen LogP contribution >= 0.6 is 0 Å². The molecule has 0 radical (unpaired) electrons. The van der Waals surface area contributed by atoms with Crippen LogP contribution in [0.3, 0.4) is 0 Å². The van der Waals surface area contributed by atoms with Crippen molar-refractivity contribution >= 4 is 0 Å². The molecule has 1 aliphatic heterocycles. The highest BCUT2D eigenvalue weighted by molar-refractivity contribution is 4.91. The number of hydrogen-bond acceptors (Lipinski definition) is 3. The Morgan fingerprint density at radius 2 is 2.40 bits per heavy atom. The van der Waals surface area contributed by atoms with E-state index >= 15 is 0 Å². The van der Waals surface area contributed by atoms with E-state index in [9.17, 15) is 4.39 Å². The molecular weight excluding hydrogens is 139 g/mol. The SMILES string of the molecule is OCC1(CF)OCCC1O. The molecule has 2 N–H and O–H groups in total. The third-order valence-corrected chi connectivity index (χ3v) is 1.88. The standard InChI is InChI=1S/C6H11FO3/c7-3-6(4-8)5(9)1-2-10-6/h5,8-9H,1-4H2. The van der Waals surface area contributed by atoms with Crippen molar-refractivity contribution in [3.63, 3.8) is 0 Å². The normalized spacial score (nSPS) is 40.5. The van der Waals surface area contributed by atoms with E-state index in [0.717, 1.165) is 0 Å². The summed E-state index contributed by atoms with van der Waals surface area (Å²) in [6.07, 6.45) is -0.452. The van der Waals surface area contributed by atoms with Gasteiger partial charge in [-0.2, -0.15) is 0 Å². The fourth-order valence-corrected chi connectivity index (χ4v) is 1.05. The van der Waals surface area contributed by atoms with Crippen LogP contribution in [0.1, 0.15) is 6.42 Å². The predicted octanol–water partition coefficient (Wildman–Crippen LogP) is -0.532. The molecule has 1 heterocycles. The van der Waals surface area contributed by atoms with Crippen molar-refractivity contribution in [2.45, 2.75) is 18.1 Å². The summed E-state index contributed by atoms with van der Waals surface area (Å²) in [7, 11) is 0. The maximum atomic E-state index is 12.2. The Morgan fingerprint density at radius 1 is 1.70 bits per heavy atom. The summed E-state index contributed by atoms with van der Waals surface area (Å²) in [4.78, 5) is 0. The number of ether oxygens (including phenoxy) is 1. The number of rotatable bonds is 2. The Labute approximate surface area is 58.4 Å². The van der Waals surface area contributed by atoms with E-state index in [-0.39, 0.29) is 0 Å². The molecule has 0 spiro atoms. The van der Waals surface area contributed by atoms with E-state index in [0.29, 0.717) is 13.0 Å². The van der Waals surface area contributed by atoms with Gasteiger partial charge >= 0.3 is 0 Å². The zero-order valence-electron chi connectivity index (χ0n) is 5.59. The molecule has 3 nitrogen and oxygen atoms in total. The number of hydrogen-bond donors (Lipinski definition) is 2. The summed E-state index contributed by atoms with van der Waals surface area (Å²) in [6.45, 7) is -0.957. The molecule has 0 amide bonds. The van der Waals surface area contributed by atoms with Crippen molar-refractivity contribution in [1.29, 1.82) is 0 Å².